The maximum absolute atomic E-state index is 12.4. The maximum atomic E-state index is 12.4. The molecule has 1 saturated heterocycles. The third-order valence-electron chi connectivity index (χ3n) is 4.54. The minimum atomic E-state index is -0.952. The maximum Gasteiger partial charge on any atom is 0.294 e. The molecule has 0 atom stereocenters. The van der Waals surface area contributed by atoms with Crippen molar-refractivity contribution in [2.24, 2.45) is 0 Å². The third-order valence-corrected chi connectivity index (χ3v) is 4.54. The zero-order valence-corrected chi connectivity index (χ0v) is 14.4. The summed E-state index contributed by atoms with van der Waals surface area (Å²) in [6.45, 7) is 3.30. The van der Waals surface area contributed by atoms with Crippen LogP contribution < -0.4 is 4.74 Å². The fourth-order valence-corrected chi connectivity index (χ4v) is 3.25. The zero-order chi connectivity index (χ0) is 18.5. The van der Waals surface area contributed by atoms with Crippen molar-refractivity contribution in [1.82, 2.24) is 9.80 Å². The number of hydrogen-bond donors (Lipinski definition) is 0. The number of carbonyl (C=O) groups excluding carboxylic acids is 2. The van der Waals surface area contributed by atoms with E-state index >= 15 is 0 Å². The molecule has 140 valence electrons. The van der Waals surface area contributed by atoms with E-state index < -0.39 is 16.9 Å². The molecule has 3 rings (SSSR count). The molecule has 2 heterocycles. The van der Waals surface area contributed by atoms with E-state index in [1.807, 2.05) is 0 Å². The van der Waals surface area contributed by atoms with Gasteiger partial charge in [0.2, 0.25) is 0 Å². The highest BCUT2D eigenvalue weighted by Gasteiger charge is 2.35. The summed E-state index contributed by atoms with van der Waals surface area (Å²) in [4.78, 5) is 42.3. The summed E-state index contributed by atoms with van der Waals surface area (Å²) >= 11 is 0. The lowest BCUT2D eigenvalue weighted by atomic mass is 10.1. The van der Waals surface area contributed by atoms with Crippen LogP contribution in [0.2, 0.25) is 0 Å². The lowest BCUT2D eigenvalue weighted by Gasteiger charge is -2.14. The third kappa shape index (κ3) is 4.10. The molecule has 0 spiro atoms. The van der Waals surface area contributed by atoms with Gasteiger partial charge in [-0.25, -0.2) is 0 Å². The SMILES string of the molecule is O=C1c2ccc(OCCCN3CCCC3)cc2C(=O)N1CCO[N+](=O)[O-]. The van der Waals surface area contributed by atoms with Crippen LogP contribution in [-0.4, -0.2) is 66.1 Å². The Kier molecular flexibility index (Phi) is 5.67. The molecule has 0 aromatic heterocycles. The first-order valence-corrected chi connectivity index (χ1v) is 8.69. The number of hydrogen-bond acceptors (Lipinski definition) is 7. The molecule has 0 unspecified atom stereocenters. The molecule has 0 saturated carbocycles. The first-order chi connectivity index (χ1) is 12.6. The average Bonchev–Trinajstić information content (AvgIpc) is 3.21. The van der Waals surface area contributed by atoms with Crippen molar-refractivity contribution >= 4 is 11.8 Å². The van der Waals surface area contributed by atoms with Gasteiger partial charge in [-0.15, -0.1) is 10.1 Å². The van der Waals surface area contributed by atoms with Crippen LogP contribution in [-0.2, 0) is 4.84 Å². The normalized spacial score (nSPS) is 16.8. The highest BCUT2D eigenvalue weighted by atomic mass is 16.9. The smallest absolute Gasteiger partial charge is 0.294 e. The summed E-state index contributed by atoms with van der Waals surface area (Å²) in [5, 5.41) is 9.23. The first kappa shape index (κ1) is 18.1. The van der Waals surface area contributed by atoms with Gasteiger partial charge in [0.25, 0.3) is 16.9 Å². The van der Waals surface area contributed by atoms with Gasteiger partial charge in [-0.3, -0.25) is 14.5 Å². The Labute approximate surface area is 150 Å². The highest BCUT2D eigenvalue weighted by Crippen LogP contribution is 2.26. The number of amides is 2. The molecule has 2 amide bonds. The fourth-order valence-electron chi connectivity index (χ4n) is 3.25. The predicted molar refractivity (Wildman–Crippen MR) is 90.5 cm³/mol. The molecule has 0 aliphatic carbocycles. The quantitative estimate of drug-likeness (QED) is 0.282. The van der Waals surface area contributed by atoms with Crippen molar-refractivity contribution < 1.29 is 24.3 Å². The monoisotopic (exact) mass is 363 g/mol. The van der Waals surface area contributed by atoms with Gasteiger partial charge < -0.3 is 14.5 Å². The molecule has 0 N–H and O–H groups in total. The summed E-state index contributed by atoms with van der Waals surface area (Å²) in [6, 6.07) is 4.77. The second-order valence-electron chi connectivity index (χ2n) is 6.28. The van der Waals surface area contributed by atoms with E-state index in [0.717, 1.165) is 31.0 Å². The van der Waals surface area contributed by atoms with E-state index in [-0.39, 0.29) is 24.3 Å². The minimum Gasteiger partial charge on any atom is -0.494 e. The lowest BCUT2D eigenvalue weighted by molar-refractivity contribution is -0.757. The van der Waals surface area contributed by atoms with Crippen molar-refractivity contribution in [3.8, 4) is 5.75 Å². The number of likely N-dealkylation sites (tertiary alicyclic amines) is 1. The molecule has 1 aromatic carbocycles. The van der Waals surface area contributed by atoms with E-state index in [9.17, 15) is 19.7 Å². The fraction of sp³-hybridized carbons (Fsp3) is 0.529. The van der Waals surface area contributed by atoms with Gasteiger partial charge >= 0.3 is 0 Å². The lowest BCUT2D eigenvalue weighted by Crippen LogP contribution is -2.33. The van der Waals surface area contributed by atoms with Crippen molar-refractivity contribution in [2.45, 2.75) is 19.3 Å². The summed E-state index contributed by atoms with van der Waals surface area (Å²) in [5.74, 6) is -0.424. The van der Waals surface area contributed by atoms with E-state index in [2.05, 4.69) is 9.74 Å². The number of carbonyl (C=O) groups is 2. The van der Waals surface area contributed by atoms with Crippen LogP contribution in [0.25, 0.3) is 0 Å². The Morgan fingerprint density at radius 3 is 2.50 bits per heavy atom. The Morgan fingerprint density at radius 1 is 1.04 bits per heavy atom. The van der Waals surface area contributed by atoms with Gasteiger partial charge in [0.15, 0.2) is 0 Å². The van der Waals surface area contributed by atoms with E-state index in [1.165, 1.54) is 12.8 Å². The van der Waals surface area contributed by atoms with Crippen molar-refractivity contribution in [2.75, 3.05) is 39.4 Å². The molecule has 0 bridgehead atoms. The first-order valence-electron chi connectivity index (χ1n) is 8.69. The van der Waals surface area contributed by atoms with Crippen LogP contribution in [0.5, 0.6) is 5.75 Å². The van der Waals surface area contributed by atoms with Gasteiger partial charge in [-0.1, -0.05) is 0 Å². The second-order valence-corrected chi connectivity index (χ2v) is 6.28. The number of fused-ring (bicyclic) bond motifs is 1. The molecule has 1 aromatic rings. The van der Waals surface area contributed by atoms with Crippen molar-refractivity contribution in [3.05, 3.63) is 39.4 Å². The van der Waals surface area contributed by atoms with Crippen LogP contribution in [0.15, 0.2) is 18.2 Å². The topological polar surface area (TPSA) is 102 Å². The summed E-state index contributed by atoms with van der Waals surface area (Å²) < 4.78 is 5.70. The van der Waals surface area contributed by atoms with Gasteiger partial charge in [0, 0.05) is 6.54 Å². The predicted octanol–water partition coefficient (Wildman–Crippen LogP) is 1.36. The van der Waals surface area contributed by atoms with Gasteiger partial charge in [-0.05, 0) is 50.6 Å². The average molecular weight is 363 g/mol. The van der Waals surface area contributed by atoms with E-state index in [0.29, 0.717) is 12.4 Å². The van der Waals surface area contributed by atoms with Crippen LogP contribution >= 0.6 is 0 Å². The largest absolute Gasteiger partial charge is 0.494 e. The number of imide groups is 1. The van der Waals surface area contributed by atoms with E-state index in [1.54, 1.807) is 18.2 Å². The molecule has 9 heteroatoms. The summed E-state index contributed by atoms with van der Waals surface area (Å²) in [7, 11) is 0. The van der Waals surface area contributed by atoms with Gasteiger partial charge in [-0.2, -0.15) is 0 Å². The molecule has 0 radical (unpaired) electrons. The molecule has 1 fully saturated rings. The van der Waals surface area contributed by atoms with Crippen LogP contribution in [0, 0.1) is 10.1 Å². The van der Waals surface area contributed by atoms with Gasteiger partial charge in [0.1, 0.15) is 12.4 Å². The Morgan fingerprint density at radius 2 is 1.77 bits per heavy atom. The summed E-state index contributed by atoms with van der Waals surface area (Å²) in [6.07, 6.45) is 3.41. The highest BCUT2D eigenvalue weighted by molar-refractivity contribution is 6.21. The van der Waals surface area contributed by atoms with Crippen molar-refractivity contribution in [1.29, 1.82) is 0 Å². The van der Waals surface area contributed by atoms with Gasteiger partial charge in [0.05, 0.1) is 24.3 Å². The Balaban J connectivity index is 1.53. The van der Waals surface area contributed by atoms with E-state index in [4.69, 9.17) is 4.74 Å². The number of ether oxygens (including phenoxy) is 1. The zero-order valence-electron chi connectivity index (χ0n) is 14.4. The van der Waals surface area contributed by atoms with Crippen LogP contribution in [0.4, 0.5) is 0 Å². The molecule has 2 aliphatic rings. The Bertz CT molecular complexity index is 702. The van der Waals surface area contributed by atoms with Crippen LogP contribution in [0.3, 0.4) is 0 Å². The molecular weight excluding hydrogens is 342 g/mol. The summed E-state index contributed by atoms with van der Waals surface area (Å²) in [5.41, 5.74) is 0.536. The molecular formula is C17H21N3O6. The molecule has 9 nitrogen and oxygen atoms in total. The number of nitrogens with zero attached hydrogens (tertiary/aromatic N) is 3. The minimum absolute atomic E-state index is 0.167. The molecule has 2 aliphatic heterocycles. The number of rotatable bonds is 9. The second kappa shape index (κ2) is 8.13. The standard InChI is InChI=1S/C17H21N3O6/c21-16-14-5-4-13(25-10-3-8-18-6-1-2-7-18)12-15(14)17(22)19(16)9-11-26-20(23)24/h4-5,12H,1-3,6-11H2. The number of benzene rings is 1. The van der Waals surface area contributed by atoms with Crippen molar-refractivity contribution in [3.63, 3.8) is 0 Å². The molecule has 26 heavy (non-hydrogen) atoms. The Hall–Kier alpha value is -2.68. The van der Waals surface area contributed by atoms with Crippen LogP contribution in [0.1, 0.15) is 40.0 Å².